The number of ether oxygens (including phenoxy) is 1. The summed E-state index contributed by atoms with van der Waals surface area (Å²) >= 11 is 0. The minimum absolute atomic E-state index is 0.399. The van der Waals surface area contributed by atoms with Crippen LogP contribution in [-0.4, -0.2) is 26.6 Å². The van der Waals surface area contributed by atoms with Gasteiger partial charge in [-0.25, -0.2) is 15.0 Å². The van der Waals surface area contributed by atoms with Crippen LogP contribution in [0.2, 0.25) is 0 Å². The van der Waals surface area contributed by atoms with E-state index in [1.165, 1.54) is 6.33 Å². The number of nitrogens with one attached hydrogen (secondary N) is 1. The van der Waals surface area contributed by atoms with Crippen molar-refractivity contribution in [2.75, 3.05) is 18.2 Å². The highest BCUT2D eigenvalue weighted by molar-refractivity contribution is 5.82. The fourth-order valence-corrected chi connectivity index (χ4v) is 2.81. The average molecular weight is 346 g/mol. The van der Waals surface area contributed by atoms with Crippen LogP contribution in [0.4, 0.5) is 17.5 Å². The Hall–Kier alpha value is -3.61. The number of rotatable bonds is 4. The van der Waals surface area contributed by atoms with Crippen LogP contribution in [0.15, 0.2) is 54.9 Å². The maximum absolute atomic E-state index is 5.85. The fourth-order valence-electron chi connectivity index (χ4n) is 2.81. The van der Waals surface area contributed by atoms with Gasteiger partial charge in [-0.2, -0.15) is 0 Å². The monoisotopic (exact) mass is 346 g/mol. The highest BCUT2D eigenvalue weighted by atomic mass is 16.5. The molecule has 2 heterocycles. The average Bonchev–Trinajstić information content (AvgIpc) is 3.01. The van der Waals surface area contributed by atoms with Gasteiger partial charge in [0.25, 0.3) is 0 Å². The molecule has 0 aliphatic rings. The maximum atomic E-state index is 5.85. The number of hydrogen-bond acceptors (Lipinski definition) is 6. The summed E-state index contributed by atoms with van der Waals surface area (Å²) in [6.45, 7) is 2.03. The molecule has 0 unspecified atom stereocenters. The van der Waals surface area contributed by atoms with Crippen LogP contribution < -0.4 is 15.8 Å². The first-order chi connectivity index (χ1) is 12.7. The second-order valence-electron chi connectivity index (χ2n) is 5.87. The minimum Gasteiger partial charge on any atom is -0.497 e. The third kappa shape index (κ3) is 2.79. The summed E-state index contributed by atoms with van der Waals surface area (Å²) in [7, 11) is 1.65. The normalized spacial score (nSPS) is 10.8. The second-order valence-corrected chi connectivity index (χ2v) is 5.87. The Kier molecular flexibility index (Phi) is 3.89. The quantitative estimate of drug-likeness (QED) is 0.588. The smallest absolute Gasteiger partial charge is 0.214 e. The molecule has 0 saturated carbocycles. The molecule has 0 aliphatic carbocycles. The lowest BCUT2D eigenvalue weighted by Gasteiger charge is -2.13. The van der Waals surface area contributed by atoms with Crippen molar-refractivity contribution >= 4 is 28.5 Å². The number of hydrogen-bond donors (Lipinski definition) is 2. The van der Waals surface area contributed by atoms with Crippen LogP contribution in [0.25, 0.3) is 16.9 Å². The number of para-hydroxylation sites is 2. The molecule has 130 valence electrons. The van der Waals surface area contributed by atoms with E-state index >= 15 is 0 Å². The van der Waals surface area contributed by atoms with Crippen molar-refractivity contribution in [2.45, 2.75) is 6.92 Å². The van der Waals surface area contributed by atoms with Gasteiger partial charge in [-0.3, -0.25) is 4.57 Å². The minimum atomic E-state index is 0.399. The van der Waals surface area contributed by atoms with E-state index in [4.69, 9.17) is 15.5 Å². The van der Waals surface area contributed by atoms with Crippen molar-refractivity contribution in [1.82, 2.24) is 19.5 Å². The zero-order valence-corrected chi connectivity index (χ0v) is 14.5. The zero-order valence-electron chi connectivity index (χ0n) is 14.5. The summed E-state index contributed by atoms with van der Waals surface area (Å²) in [5.41, 5.74) is 9.61. The van der Waals surface area contributed by atoms with Gasteiger partial charge in [0.1, 0.15) is 23.7 Å². The van der Waals surface area contributed by atoms with Gasteiger partial charge in [0.2, 0.25) is 5.95 Å². The van der Waals surface area contributed by atoms with E-state index in [0.717, 1.165) is 28.0 Å². The number of anilines is 3. The number of aromatic nitrogens is 4. The van der Waals surface area contributed by atoms with E-state index in [9.17, 15) is 0 Å². The summed E-state index contributed by atoms with van der Waals surface area (Å²) in [4.78, 5) is 13.1. The fraction of sp³-hybridized carbons (Fsp3) is 0.105. The molecule has 4 rings (SSSR count). The van der Waals surface area contributed by atoms with E-state index in [-0.39, 0.29) is 0 Å². The lowest BCUT2D eigenvalue weighted by Crippen LogP contribution is -2.06. The Morgan fingerprint density at radius 2 is 1.92 bits per heavy atom. The zero-order chi connectivity index (χ0) is 18.1. The van der Waals surface area contributed by atoms with Crippen molar-refractivity contribution in [2.24, 2.45) is 0 Å². The van der Waals surface area contributed by atoms with Crippen molar-refractivity contribution in [3.63, 3.8) is 0 Å². The Labute approximate surface area is 150 Å². The topological polar surface area (TPSA) is 90.9 Å². The van der Waals surface area contributed by atoms with Gasteiger partial charge in [0.05, 0.1) is 18.1 Å². The predicted molar refractivity (Wildman–Crippen MR) is 102 cm³/mol. The van der Waals surface area contributed by atoms with Gasteiger partial charge in [-0.1, -0.05) is 18.2 Å². The van der Waals surface area contributed by atoms with Crippen molar-refractivity contribution in [3.05, 3.63) is 60.4 Å². The summed E-state index contributed by atoms with van der Waals surface area (Å²) in [5.74, 6) is 2.46. The van der Waals surface area contributed by atoms with Crippen LogP contribution in [-0.2, 0) is 0 Å². The number of aryl methyl sites for hydroxylation is 1. The molecular formula is C19H18N6O. The van der Waals surface area contributed by atoms with Crippen LogP contribution in [0.3, 0.4) is 0 Å². The SMILES string of the molecule is COc1ccc(C)c(Nc2nc3ccccc3n2-c2cc(N)ncn2)c1. The predicted octanol–water partition coefficient (Wildman–Crippen LogP) is 3.46. The first kappa shape index (κ1) is 15.9. The van der Waals surface area contributed by atoms with Crippen molar-refractivity contribution in [1.29, 1.82) is 0 Å². The molecule has 0 radical (unpaired) electrons. The Balaban J connectivity index is 1.89. The third-order valence-corrected chi connectivity index (χ3v) is 4.15. The number of nitrogen functional groups attached to an aromatic ring is 1. The highest BCUT2D eigenvalue weighted by Gasteiger charge is 2.15. The summed E-state index contributed by atoms with van der Waals surface area (Å²) in [6.07, 6.45) is 1.44. The molecule has 0 saturated heterocycles. The van der Waals surface area contributed by atoms with Crippen LogP contribution >= 0.6 is 0 Å². The summed E-state index contributed by atoms with van der Waals surface area (Å²) in [6, 6.07) is 15.4. The lowest BCUT2D eigenvalue weighted by atomic mass is 10.2. The lowest BCUT2D eigenvalue weighted by molar-refractivity contribution is 0.415. The number of fused-ring (bicyclic) bond motifs is 1. The molecule has 26 heavy (non-hydrogen) atoms. The standard InChI is InChI=1S/C19H18N6O/c1-12-7-8-13(26-2)9-15(12)24-19-23-14-5-3-4-6-16(14)25(19)18-10-17(20)21-11-22-18/h3-11H,1-2H3,(H,23,24)(H2,20,21,22). The highest BCUT2D eigenvalue weighted by Crippen LogP contribution is 2.29. The second kappa shape index (κ2) is 6.36. The molecule has 0 fully saturated rings. The third-order valence-electron chi connectivity index (χ3n) is 4.15. The van der Waals surface area contributed by atoms with Crippen LogP contribution in [0, 0.1) is 6.92 Å². The van der Waals surface area contributed by atoms with Gasteiger partial charge in [-0.05, 0) is 30.7 Å². The maximum Gasteiger partial charge on any atom is 0.214 e. The number of methoxy groups -OCH3 is 1. The van der Waals surface area contributed by atoms with E-state index in [2.05, 4.69) is 15.3 Å². The molecule has 2 aromatic carbocycles. The number of nitrogens with two attached hydrogens (primary N) is 1. The molecule has 4 aromatic rings. The van der Waals surface area contributed by atoms with Gasteiger partial charge in [0.15, 0.2) is 0 Å². The Morgan fingerprint density at radius 1 is 1.08 bits per heavy atom. The van der Waals surface area contributed by atoms with E-state index < -0.39 is 0 Å². The first-order valence-corrected chi connectivity index (χ1v) is 8.13. The Morgan fingerprint density at radius 3 is 2.73 bits per heavy atom. The largest absolute Gasteiger partial charge is 0.497 e. The summed E-state index contributed by atoms with van der Waals surface area (Å²) in [5, 5.41) is 3.39. The van der Waals surface area contributed by atoms with Crippen LogP contribution in [0.1, 0.15) is 5.56 Å². The van der Waals surface area contributed by atoms with Gasteiger partial charge in [0, 0.05) is 17.8 Å². The molecule has 2 aromatic heterocycles. The molecule has 0 spiro atoms. The molecule has 7 nitrogen and oxygen atoms in total. The molecule has 7 heteroatoms. The number of benzene rings is 2. The molecule has 0 bridgehead atoms. The first-order valence-electron chi connectivity index (χ1n) is 8.13. The van der Waals surface area contributed by atoms with Crippen molar-refractivity contribution < 1.29 is 4.74 Å². The molecule has 0 aliphatic heterocycles. The molecule has 3 N–H and O–H groups in total. The molecule has 0 atom stereocenters. The van der Waals surface area contributed by atoms with Crippen molar-refractivity contribution in [3.8, 4) is 11.6 Å². The molecule has 0 amide bonds. The summed E-state index contributed by atoms with van der Waals surface area (Å²) < 4.78 is 7.26. The molecular weight excluding hydrogens is 328 g/mol. The van der Waals surface area contributed by atoms with E-state index in [1.54, 1.807) is 13.2 Å². The van der Waals surface area contributed by atoms with Gasteiger partial charge >= 0.3 is 0 Å². The van der Waals surface area contributed by atoms with Gasteiger partial charge < -0.3 is 15.8 Å². The number of imidazole rings is 1. The van der Waals surface area contributed by atoms with Crippen LogP contribution in [0.5, 0.6) is 5.75 Å². The Bertz CT molecular complexity index is 1090. The van der Waals surface area contributed by atoms with E-state index in [0.29, 0.717) is 17.6 Å². The van der Waals surface area contributed by atoms with E-state index in [1.807, 2.05) is 54.0 Å². The van der Waals surface area contributed by atoms with Gasteiger partial charge in [-0.15, -0.1) is 0 Å². The number of nitrogens with zero attached hydrogens (tertiary/aromatic N) is 4.